The molecule has 0 atom stereocenters. The molecule has 1 N–H and O–H groups in total. The number of benzene rings is 1. The van der Waals surface area contributed by atoms with Gasteiger partial charge in [0.2, 0.25) is 0 Å². The molecule has 0 fully saturated rings. The lowest BCUT2D eigenvalue weighted by Gasteiger charge is -2.14. The van der Waals surface area contributed by atoms with Crippen LogP contribution in [-0.4, -0.2) is 37.9 Å². The topological polar surface area (TPSA) is 99.5 Å². The Morgan fingerprint density at radius 1 is 1.28 bits per heavy atom. The smallest absolute Gasteiger partial charge is 0.343 e. The minimum Gasteiger partial charge on any atom is -0.495 e. The Morgan fingerprint density at radius 3 is 2.52 bits per heavy atom. The van der Waals surface area contributed by atoms with Crippen LogP contribution in [-0.2, 0) is 21.8 Å². The van der Waals surface area contributed by atoms with Gasteiger partial charge in [-0.25, -0.2) is 13.2 Å². The molecule has 2 aromatic rings. The molecule has 0 saturated heterocycles. The summed E-state index contributed by atoms with van der Waals surface area (Å²) < 4.78 is 39.5. The lowest BCUT2D eigenvalue weighted by molar-refractivity contribution is 0.0527. The highest BCUT2D eigenvalue weighted by molar-refractivity contribution is 7.92. The number of aromatic nitrogens is 2. The van der Waals surface area contributed by atoms with Crippen molar-refractivity contribution in [2.45, 2.75) is 25.7 Å². The first-order valence-corrected chi connectivity index (χ1v) is 9.06. The van der Waals surface area contributed by atoms with E-state index in [0.29, 0.717) is 0 Å². The standard InChI is InChI=1S/C16H21N3O5S/c1-6-24-16(20)12-9-17-19(4)15(12)18-25(21,22)14-8-11(3)10(2)7-13(14)23-5/h7-9,18H,6H2,1-5H3. The van der Waals surface area contributed by atoms with E-state index < -0.39 is 16.0 Å². The van der Waals surface area contributed by atoms with Crippen LogP contribution in [0.3, 0.4) is 0 Å². The number of aryl methyl sites for hydroxylation is 3. The maximum absolute atomic E-state index is 12.8. The Labute approximate surface area is 146 Å². The van der Waals surface area contributed by atoms with Gasteiger partial charge in [-0.05, 0) is 44.0 Å². The van der Waals surface area contributed by atoms with Crippen LogP contribution in [0.5, 0.6) is 5.75 Å². The highest BCUT2D eigenvalue weighted by Gasteiger charge is 2.26. The Hall–Kier alpha value is -2.55. The number of anilines is 1. The van der Waals surface area contributed by atoms with E-state index in [0.717, 1.165) is 11.1 Å². The normalized spacial score (nSPS) is 11.2. The zero-order valence-corrected chi connectivity index (χ0v) is 15.6. The summed E-state index contributed by atoms with van der Waals surface area (Å²) in [5.74, 6) is -0.408. The number of esters is 1. The largest absolute Gasteiger partial charge is 0.495 e. The van der Waals surface area contributed by atoms with Gasteiger partial charge in [0.25, 0.3) is 10.0 Å². The molecule has 0 amide bonds. The van der Waals surface area contributed by atoms with Crippen LogP contribution in [0.1, 0.15) is 28.4 Å². The van der Waals surface area contributed by atoms with Gasteiger partial charge in [-0.1, -0.05) is 0 Å². The van der Waals surface area contributed by atoms with Gasteiger partial charge in [-0.2, -0.15) is 5.10 Å². The maximum atomic E-state index is 12.8. The number of carbonyl (C=O) groups is 1. The molecule has 0 spiro atoms. The Kier molecular flexibility index (Phi) is 5.36. The van der Waals surface area contributed by atoms with Crippen LogP contribution in [0.25, 0.3) is 0 Å². The number of hydrogen-bond acceptors (Lipinski definition) is 6. The van der Waals surface area contributed by atoms with Gasteiger partial charge in [-0.15, -0.1) is 0 Å². The fourth-order valence-electron chi connectivity index (χ4n) is 2.23. The Morgan fingerprint density at radius 2 is 1.92 bits per heavy atom. The van der Waals surface area contributed by atoms with Crippen molar-refractivity contribution in [1.82, 2.24) is 9.78 Å². The van der Waals surface area contributed by atoms with E-state index in [-0.39, 0.29) is 28.6 Å². The molecule has 8 nitrogen and oxygen atoms in total. The highest BCUT2D eigenvalue weighted by Crippen LogP contribution is 2.29. The molecule has 2 rings (SSSR count). The van der Waals surface area contributed by atoms with Gasteiger partial charge in [-0.3, -0.25) is 9.40 Å². The molecular weight excluding hydrogens is 346 g/mol. The zero-order valence-electron chi connectivity index (χ0n) is 14.8. The van der Waals surface area contributed by atoms with Gasteiger partial charge in [0.05, 0.1) is 19.9 Å². The average Bonchev–Trinajstić information content (AvgIpc) is 2.90. The summed E-state index contributed by atoms with van der Waals surface area (Å²) in [6, 6.07) is 3.18. The van der Waals surface area contributed by atoms with Gasteiger partial charge in [0.1, 0.15) is 16.2 Å². The molecule has 0 unspecified atom stereocenters. The minimum absolute atomic E-state index is 0.0193. The van der Waals surface area contributed by atoms with E-state index in [4.69, 9.17) is 9.47 Å². The number of nitrogens with zero attached hydrogens (tertiary/aromatic N) is 2. The average molecular weight is 367 g/mol. The number of ether oxygens (including phenoxy) is 2. The van der Waals surface area contributed by atoms with Crippen molar-refractivity contribution >= 4 is 21.8 Å². The predicted octanol–water partition coefficient (Wildman–Crippen LogP) is 2.02. The predicted molar refractivity (Wildman–Crippen MR) is 92.4 cm³/mol. The molecule has 1 heterocycles. The fourth-order valence-corrected chi connectivity index (χ4v) is 3.58. The lowest BCUT2D eigenvalue weighted by atomic mass is 10.1. The minimum atomic E-state index is -4.00. The highest BCUT2D eigenvalue weighted by atomic mass is 32.2. The monoisotopic (exact) mass is 367 g/mol. The summed E-state index contributed by atoms with van der Waals surface area (Å²) in [4.78, 5) is 12.0. The van der Waals surface area contributed by atoms with Crippen LogP contribution in [0.2, 0.25) is 0 Å². The van der Waals surface area contributed by atoms with Gasteiger partial charge < -0.3 is 9.47 Å². The van der Waals surface area contributed by atoms with E-state index in [1.165, 1.54) is 31.1 Å². The van der Waals surface area contributed by atoms with Crippen LogP contribution >= 0.6 is 0 Å². The van der Waals surface area contributed by atoms with E-state index in [1.807, 2.05) is 13.8 Å². The summed E-state index contributed by atoms with van der Waals surface area (Å²) in [5.41, 5.74) is 1.75. The molecule has 136 valence electrons. The second-order valence-corrected chi connectivity index (χ2v) is 7.09. The molecule has 0 aliphatic carbocycles. The molecule has 25 heavy (non-hydrogen) atoms. The molecule has 0 aliphatic heterocycles. The Balaban J connectivity index is 2.49. The third-order valence-corrected chi connectivity index (χ3v) is 5.09. The second-order valence-electron chi connectivity index (χ2n) is 5.44. The summed E-state index contributed by atoms with van der Waals surface area (Å²) in [6.07, 6.45) is 1.26. The van der Waals surface area contributed by atoms with Crippen molar-refractivity contribution in [2.24, 2.45) is 7.05 Å². The number of sulfonamides is 1. The summed E-state index contributed by atoms with van der Waals surface area (Å²) >= 11 is 0. The molecule has 0 saturated carbocycles. The fraction of sp³-hybridized carbons (Fsp3) is 0.375. The van der Waals surface area contributed by atoms with E-state index >= 15 is 0 Å². The van der Waals surface area contributed by atoms with E-state index in [1.54, 1.807) is 13.0 Å². The first-order valence-electron chi connectivity index (χ1n) is 7.58. The summed E-state index contributed by atoms with van der Waals surface area (Å²) in [7, 11) is -1.08. The van der Waals surface area contributed by atoms with Crippen LogP contribution in [0, 0.1) is 13.8 Å². The van der Waals surface area contributed by atoms with E-state index in [2.05, 4.69) is 9.82 Å². The van der Waals surface area contributed by atoms with Crippen molar-refractivity contribution < 1.29 is 22.7 Å². The third-order valence-electron chi connectivity index (χ3n) is 3.73. The van der Waals surface area contributed by atoms with E-state index in [9.17, 15) is 13.2 Å². The van der Waals surface area contributed by atoms with Crippen molar-refractivity contribution in [3.8, 4) is 5.75 Å². The molecule has 0 bridgehead atoms. The molecule has 9 heteroatoms. The first-order chi connectivity index (χ1) is 11.7. The van der Waals surface area contributed by atoms with Gasteiger partial charge in [0, 0.05) is 7.05 Å². The zero-order chi connectivity index (χ0) is 18.8. The summed E-state index contributed by atoms with van der Waals surface area (Å²) in [6.45, 7) is 5.51. The molecule has 0 radical (unpaired) electrons. The van der Waals surface area contributed by atoms with Crippen LogP contribution in [0.4, 0.5) is 5.82 Å². The van der Waals surface area contributed by atoms with Crippen LogP contribution < -0.4 is 9.46 Å². The number of methoxy groups -OCH3 is 1. The SMILES string of the molecule is CCOC(=O)c1cnn(C)c1NS(=O)(=O)c1cc(C)c(C)cc1OC. The molecule has 0 aliphatic rings. The lowest BCUT2D eigenvalue weighted by Crippen LogP contribution is -2.19. The molecular formula is C16H21N3O5S. The summed E-state index contributed by atoms with van der Waals surface area (Å²) in [5, 5.41) is 3.93. The van der Waals surface area contributed by atoms with Crippen molar-refractivity contribution in [3.63, 3.8) is 0 Å². The number of hydrogen-bond donors (Lipinski definition) is 1. The van der Waals surface area contributed by atoms with Crippen LogP contribution in [0.15, 0.2) is 23.2 Å². The van der Waals surface area contributed by atoms with Gasteiger partial charge >= 0.3 is 5.97 Å². The molecule has 1 aromatic heterocycles. The van der Waals surface area contributed by atoms with Crippen molar-refractivity contribution in [1.29, 1.82) is 0 Å². The number of nitrogens with one attached hydrogen (secondary N) is 1. The quantitative estimate of drug-likeness (QED) is 0.784. The van der Waals surface area contributed by atoms with Crippen molar-refractivity contribution in [2.75, 3.05) is 18.4 Å². The van der Waals surface area contributed by atoms with Crippen molar-refractivity contribution in [3.05, 3.63) is 35.0 Å². The number of carbonyl (C=O) groups excluding carboxylic acids is 1. The first kappa shape index (κ1) is 18.8. The number of rotatable bonds is 6. The maximum Gasteiger partial charge on any atom is 0.343 e. The molecule has 1 aromatic carbocycles. The second kappa shape index (κ2) is 7.14. The Bertz CT molecular complexity index is 903. The van der Waals surface area contributed by atoms with Gasteiger partial charge in [0.15, 0.2) is 5.82 Å². The third kappa shape index (κ3) is 3.76.